The van der Waals surface area contributed by atoms with Crippen molar-refractivity contribution in [3.05, 3.63) is 77.4 Å². The molecule has 0 unspecified atom stereocenters. The van der Waals surface area contributed by atoms with Crippen molar-refractivity contribution in [1.29, 1.82) is 0 Å². The van der Waals surface area contributed by atoms with Gasteiger partial charge in [0.05, 0.1) is 24.0 Å². The highest BCUT2D eigenvalue weighted by Gasteiger charge is 2.17. The third kappa shape index (κ3) is 4.15. The molecule has 0 saturated heterocycles. The van der Waals surface area contributed by atoms with Gasteiger partial charge in [0, 0.05) is 24.5 Å². The van der Waals surface area contributed by atoms with Crippen LogP contribution in [0.5, 0.6) is 11.5 Å². The van der Waals surface area contributed by atoms with Crippen LogP contribution in [0.25, 0.3) is 16.8 Å². The maximum absolute atomic E-state index is 13.3. The van der Waals surface area contributed by atoms with Crippen LogP contribution in [0.2, 0.25) is 0 Å². The van der Waals surface area contributed by atoms with Gasteiger partial charge in [0.25, 0.3) is 5.56 Å². The van der Waals surface area contributed by atoms with Gasteiger partial charge in [-0.05, 0) is 49.4 Å². The van der Waals surface area contributed by atoms with Crippen molar-refractivity contribution >= 4 is 21.2 Å². The summed E-state index contributed by atoms with van der Waals surface area (Å²) < 4.78 is 48.9. The van der Waals surface area contributed by atoms with Crippen LogP contribution >= 0.6 is 0 Å². The molecule has 0 aliphatic heterocycles. The van der Waals surface area contributed by atoms with Gasteiger partial charge < -0.3 is 9.30 Å². The summed E-state index contributed by atoms with van der Waals surface area (Å²) in [6.07, 6.45) is 4.56. The highest BCUT2D eigenvalue weighted by atomic mass is 32.2. The topological polar surface area (TPSA) is 94.7 Å². The van der Waals surface area contributed by atoms with Gasteiger partial charge in [0.2, 0.25) is 10.0 Å². The van der Waals surface area contributed by atoms with Crippen LogP contribution in [0.15, 0.2) is 66.0 Å². The maximum atomic E-state index is 13.3. The molecule has 0 aliphatic rings. The molecule has 0 atom stereocenters. The van der Waals surface area contributed by atoms with E-state index < -0.39 is 15.8 Å². The molecule has 160 valence electrons. The molecule has 0 aliphatic carbocycles. The number of benzene rings is 2. The minimum Gasteiger partial charge on any atom is -0.457 e. The fraction of sp³-hybridized carbons (Fsp3) is 0.143. The lowest BCUT2D eigenvalue weighted by atomic mass is 10.1. The van der Waals surface area contributed by atoms with Gasteiger partial charge in [0.1, 0.15) is 22.8 Å². The average Bonchev–Trinajstić information content (AvgIpc) is 3.23. The Morgan fingerprint density at radius 2 is 1.90 bits per heavy atom. The molecule has 2 aromatic carbocycles. The molecule has 0 spiro atoms. The van der Waals surface area contributed by atoms with E-state index in [4.69, 9.17) is 4.74 Å². The number of nitrogens with one attached hydrogen (secondary N) is 1. The molecule has 31 heavy (non-hydrogen) atoms. The van der Waals surface area contributed by atoms with E-state index in [1.165, 1.54) is 48.3 Å². The Balaban J connectivity index is 1.91. The van der Waals surface area contributed by atoms with Gasteiger partial charge in [-0.1, -0.05) is 0 Å². The minimum atomic E-state index is -3.50. The smallest absolute Gasteiger partial charge is 0.276 e. The van der Waals surface area contributed by atoms with Crippen LogP contribution in [0.4, 0.5) is 10.1 Å². The number of nitrogens with zero attached hydrogens (tertiary/aromatic N) is 3. The maximum Gasteiger partial charge on any atom is 0.276 e. The second-order valence-corrected chi connectivity index (χ2v) is 8.86. The molecule has 4 aromatic rings. The van der Waals surface area contributed by atoms with Crippen LogP contribution in [0.1, 0.15) is 6.92 Å². The van der Waals surface area contributed by atoms with Crippen molar-refractivity contribution in [3.63, 3.8) is 0 Å². The molecule has 0 fully saturated rings. The van der Waals surface area contributed by atoms with Gasteiger partial charge in [-0.25, -0.2) is 17.8 Å². The van der Waals surface area contributed by atoms with E-state index in [9.17, 15) is 17.6 Å². The number of anilines is 1. The monoisotopic (exact) mass is 442 g/mol. The lowest BCUT2D eigenvalue weighted by Crippen LogP contribution is -2.19. The Kier molecular flexibility index (Phi) is 5.24. The number of rotatable bonds is 6. The van der Waals surface area contributed by atoms with E-state index >= 15 is 0 Å². The molecule has 2 heterocycles. The van der Waals surface area contributed by atoms with Gasteiger partial charge in [0.15, 0.2) is 0 Å². The quantitative estimate of drug-likeness (QED) is 0.494. The number of fused-ring (bicyclic) bond motifs is 1. The SMILES string of the molecule is CCS(=O)(=O)Nc1ccc(Oc2ccc(F)cc2)c(-c2cn(C)c(=O)c3cncn23)c1. The summed E-state index contributed by atoms with van der Waals surface area (Å²) in [6, 6.07) is 10.3. The van der Waals surface area contributed by atoms with Crippen molar-refractivity contribution in [2.75, 3.05) is 10.5 Å². The van der Waals surface area contributed by atoms with Crippen molar-refractivity contribution in [3.8, 4) is 22.8 Å². The van der Waals surface area contributed by atoms with Crippen molar-refractivity contribution in [2.24, 2.45) is 7.05 Å². The van der Waals surface area contributed by atoms with E-state index in [0.29, 0.717) is 34.0 Å². The fourth-order valence-electron chi connectivity index (χ4n) is 3.09. The van der Waals surface area contributed by atoms with Crippen molar-refractivity contribution in [1.82, 2.24) is 14.0 Å². The second-order valence-electron chi connectivity index (χ2n) is 6.85. The molecular formula is C21H19FN4O4S. The normalized spacial score (nSPS) is 11.6. The average molecular weight is 442 g/mol. The largest absolute Gasteiger partial charge is 0.457 e. The zero-order valence-electron chi connectivity index (χ0n) is 16.7. The number of hydrogen-bond donors (Lipinski definition) is 1. The van der Waals surface area contributed by atoms with Crippen molar-refractivity contribution in [2.45, 2.75) is 6.92 Å². The third-order valence-corrected chi connectivity index (χ3v) is 6.01. The fourth-order valence-corrected chi connectivity index (χ4v) is 3.72. The minimum absolute atomic E-state index is 0.0816. The predicted molar refractivity (Wildman–Crippen MR) is 115 cm³/mol. The highest BCUT2D eigenvalue weighted by molar-refractivity contribution is 7.92. The van der Waals surface area contributed by atoms with E-state index in [0.717, 1.165) is 0 Å². The van der Waals surface area contributed by atoms with Gasteiger partial charge in [-0.15, -0.1) is 0 Å². The zero-order chi connectivity index (χ0) is 22.2. The summed E-state index contributed by atoms with van der Waals surface area (Å²) in [5.74, 6) is 0.313. The Labute approximate surface area is 177 Å². The molecule has 2 aromatic heterocycles. The summed E-state index contributed by atoms with van der Waals surface area (Å²) >= 11 is 0. The summed E-state index contributed by atoms with van der Waals surface area (Å²) in [5.41, 5.74) is 1.53. The zero-order valence-corrected chi connectivity index (χ0v) is 17.6. The van der Waals surface area contributed by atoms with Gasteiger partial charge >= 0.3 is 0 Å². The first-order chi connectivity index (χ1) is 14.8. The number of ether oxygens (including phenoxy) is 1. The summed E-state index contributed by atoms with van der Waals surface area (Å²) in [7, 11) is -1.89. The standard InChI is InChI=1S/C21H19FN4O4S/c1-3-31(28,29)24-15-6-9-20(30-16-7-4-14(22)5-8-16)17(10-15)19-12-25(2)21(27)18-11-23-13-26(18)19/h4-13,24H,3H2,1-2H3. The third-order valence-electron chi connectivity index (χ3n) is 4.70. The Morgan fingerprint density at radius 1 is 1.16 bits per heavy atom. The van der Waals surface area contributed by atoms with Crippen molar-refractivity contribution < 1.29 is 17.5 Å². The number of halogens is 1. The number of aromatic nitrogens is 3. The molecule has 0 amide bonds. The number of aryl methyl sites for hydroxylation is 1. The molecule has 0 bridgehead atoms. The van der Waals surface area contributed by atoms with Crippen LogP contribution in [0.3, 0.4) is 0 Å². The molecule has 0 saturated carbocycles. The van der Waals surface area contributed by atoms with Gasteiger partial charge in [-0.3, -0.25) is 13.9 Å². The van der Waals surface area contributed by atoms with Crippen LogP contribution < -0.4 is 15.0 Å². The number of hydrogen-bond acceptors (Lipinski definition) is 5. The summed E-state index contributed by atoms with van der Waals surface area (Å²) in [4.78, 5) is 16.5. The second kappa shape index (κ2) is 7.88. The molecule has 1 N–H and O–H groups in total. The first kappa shape index (κ1) is 20.6. The van der Waals surface area contributed by atoms with E-state index in [1.807, 2.05) is 0 Å². The van der Waals surface area contributed by atoms with Crippen LogP contribution in [0, 0.1) is 5.82 Å². The number of sulfonamides is 1. The molecule has 10 heteroatoms. The van der Waals surface area contributed by atoms with Crippen LogP contribution in [-0.4, -0.2) is 28.1 Å². The van der Waals surface area contributed by atoms with E-state index in [-0.39, 0.29) is 11.3 Å². The Bertz CT molecular complexity index is 1430. The van der Waals surface area contributed by atoms with Gasteiger partial charge in [-0.2, -0.15) is 0 Å². The number of imidazole rings is 1. The first-order valence-corrected chi connectivity index (χ1v) is 11.0. The summed E-state index contributed by atoms with van der Waals surface area (Å²) in [6.45, 7) is 1.54. The Hall–Kier alpha value is -3.66. The van der Waals surface area contributed by atoms with Crippen LogP contribution in [-0.2, 0) is 17.1 Å². The molecule has 0 radical (unpaired) electrons. The first-order valence-electron chi connectivity index (χ1n) is 9.37. The molecular weight excluding hydrogens is 423 g/mol. The molecule has 8 nitrogen and oxygen atoms in total. The van der Waals surface area contributed by atoms with E-state index in [1.54, 1.807) is 35.8 Å². The predicted octanol–water partition coefficient (Wildman–Crippen LogP) is 3.39. The van der Waals surface area contributed by atoms with E-state index in [2.05, 4.69) is 9.71 Å². The summed E-state index contributed by atoms with van der Waals surface area (Å²) in [5, 5.41) is 0. The lowest BCUT2D eigenvalue weighted by Gasteiger charge is -2.16. The highest BCUT2D eigenvalue weighted by Crippen LogP contribution is 2.36. The molecule has 4 rings (SSSR count). The lowest BCUT2D eigenvalue weighted by molar-refractivity contribution is 0.482. The Morgan fingerprint density at radius 3 is 2.61 bits per heavy atom.